The van der Waals surface area contributed by atoms with Crippen molar-refractivity contribution in [2.45, 2.75) is 31.8 Å². The number of rotatable bonds is 6. The lowest BCUT2D eigenvalue weighted by Gasteiger charge is -2.33. The molecule has 0 saturated carbocycles. The molecule has 0 aliphatic carbocycles. The number of amides is 2. The molecule has 3 fully saturated rings. The molecule has 2 unspecified atom stereocenters. The number of aromatic nitrogens is 1. The molecule has 34 heavy (non-hydrogen) atoms. The van der Waals surface area contributed by atoms with E-state index in [9.17, 15) is 9.59 Å². The Kier molecular flexibility index (Phi) is 6.94. The van der Waals surface area contributed by atoms with Crippen LogP contribution in [0.5, 0.6) is 5.75 Å². The van der Waals surface area contributed by atoms with E-state index in [1.165, 1.54) is 0 Å². The quantitative estimate of drug-likeness (QED) is 0.708. The van der Waals surface area contributed by atoms with Gasteiger partial charge in [-0.2, -0.15) is 0 Å². The Bertz CT molecular complexity index is 970. The Balaban J connectivity index is 1.07. The van der Waals surface area contributed by atoms with Gasteiger partial charge < -0.3 is 24.6 Å². The van der Waals surface area contributed by atoms with E-state index < -0.39 is 0 Å². The summed E-state index contributed by atoms with van der Waals surface area (Å²) in [7, 11) is 0. The summed E-state index contributed by atoms with van der Waals surface area (Å²) < 4.78 is 11.5. The number of nitrogens with zero attached hydrogens (tertiary/aromatic N) is 3. The molecular weight excluding hydrogens is 432 g/mol. The molecule has 1 aromatic carbocycles. The Hall–Kier alpha value is -3.13. The highest BCUT2D eigenvalue weighted by Crippen LogP contribution is 2.26. The van der Waals surface area contributed by atoms with Crippen LogP contribution < -0.4 is 15.0 Å². The molecule has 1 aromatic heterocycles. The third-order valence-corrected chi connectivity index (χ3v) is 7.03. The van der Waals surface area contributed by atoms with E-state index in [0.29, 0.717) is 19.8 Å². The molecule has 180 valence electrons. The Labute approximate surface area is 200 Å². The largest absolute Gasteiger partial charge is 0.490 e. The topological polar surface area (TPSA) is 84.0 Å². The highest BCUT2D eigenvalue weighted by Gasteiger charge is 2.31. The summed E-state index contributed by atoms with van der Waals surface area (Å²) >= 11 is 0. The Morgan fingerprint density at radius 2 is 1.82 bits per heavy atom. The van der Waals surface area contributed by atoms with Gasteiger partial charge in [0.1, 0.15) is 11.9 Å². The van der Waals surface area contributed by atoms with E-state index in [1.54, 1.807) is 6.20 Å². The predicted molar refractivity (Wildman–Crippen MR) is 129 cm³/mol. The zero-order chi connectivity index (χ0) is 23.3. The summed E-state index contributed by atoms with van der Waals surface area (Å²) in [5, 5.41) is 3.04. The first-order valence-electron chi connectivity index (χ1n) is 12.2. The highest BCUT2D eigenvalue weighted by atomic mass is 16.5. The maximum Gasteiger partial charge on any atom is 0.229 e. The van der Waals surface area contributed by atoms with Gasteiger partial charge in [-0.15, -0.1) is 0 Å². The van der Waals surface area contributed by atoms with Crippen molar-refractivity contribution in [3.63, 3.8) is 0 Å². The number of piperidine rings is 1. The van der Waals surface area contributed by atoms with Crippen molar-refractivity contribution in [3.8, 4) is 5.75 Å². The molecule has 2 atom stereocenters. The number of anilines is 2. The van der Waals surface area contributed by atoms with Crippen molar-refractivity contribution in [3.05, 3.63) is 48.8 Å². The van der Waals surface area contributed by atoms with Crippen LogP contribution in [0.25, 0.3) is 0 Å². The average Bonchev–Trinajstić information content (AvgIpc) is 3.59. The first-order chi connectivity index (χ1) is 16.7. The van der Waals surface area contributed by atoms with Crippen molar-refractivity contribution in [2.75, 3.05) is 49.6 Å². The van der Waals surface area contributed by atoms with Crippen molar-refractivity contribution in [1.82, 2.24) is 9.88 Å². The summed E-state index contributed by atoms with van der Waals surface area (Å²) in [5.41, 5.74) is 1.83. The predicted octanol–water partition coefficient (Wildman–Crippen LogP) is 2.95. The molecule has 8 nitrogen and oxygen atoms in total. The Morgan fingerprint density at radius 1 is 1.00 bits per heavy atom. The third kappa shape index (κ3) is 5.33. The molecule has 8 heteroatoms. The van der Waals surface area contributed by atoms with Crippen LogP contribution >= 0.6 is 0 Å². The molecular formula is C26H32N4O4. The van der Waals surface area contributed by atoms with Gasteiger partial charge in [0, 0.05) is 57.5 Å². The summed E-state index contributed by atoms with van der Waals surface area (Å²) in [6.45, 7) is 4.26. The maximum atomic E-state index is 12.7. The molecule has 1 N–H and O–H groups in total. The lowest BCUT2D eigenvalue weighted by Crippen LogP contribution is -2.44. The molecule has 3 saturated heterocycles. The van der Waals surface area contributed by atoms with Crippen LogP contribution in [0.2, 0.25) is 0 Å². The Morgan fingerprint density at radius 3 is 2.53 bits per heavy atom. The lowest BCUT2D eigenvalue weighted by molar-refractivity contribution is -0.137. The minimum absolute atomic E-state index is 0.0304. The number of ether oxygens (including phenoxy) is 2. The number of carbonyl (C=O) groups is 2. The second kappa shape index (κ2) is 10.4. The second-order valence-corrected chi connectivity index (χ2v) is 9.36. The van der Waals surface area contributed by atoms with Crippen LogP contribution in [0.4, 0.5) is 11.4 Å². The number of hydrogen-bond donors (Lipinski definition) is 1. The monoisotopic (exact) mass is 464 g/mol. The normalized spacial score (nSPS) is 23.2. The zero-order valence-corrected chi connectivity index (χ0v) is 19.4. The fourth-order valence-electron chi connectivity index (χ4n) is 4.98. The molecule has 4 heterocycles. The molecule has 3 aliphatic rings. The molecule has 0 radical (unpaired) electrons. The number of hydrogen-bond acceptors (Lipinski definition) is 6. The smallest absolute Gasteiger partial charge is 0.229 e. The average molecular weight is 465 g/mol. The van der Waals surface area contributed by atoms with Crippen LogP contribution in [-0.4, -0.2) is 67.2 Å². The van der Waals surface area contributed by atoms with Gasteiger partial charge in [0.2, 0.25) is 11.8 Å². The zero-order valence-electron chi connectivity index (χ0n) is 19.4. The van der Waals surface area contributed by atoms with Crippen molar-refractivity contribution in [2.24, 2.45) is 11.8 Å². The van der Waals surface area contributed by atoms with Crippen LogP contribution in [0.15, 0.2) is 48.8 Å². The van der Waals surface area contributed by atoms with E-state index in [-0.39, 0.29) is 29.8 Å². The summed E-state index contributed by atoms with van der Waals surface area (Å²) in [5.74, 6) is 1.05. The number of likely N-dealkylation sites (tertiary alicyclic amines) is 1. The standard InChI is InChI=1S/C26H32N4O4/c31-25(19-7-12-30(17-19)22-2-1-11-27-16-22)28-21-3-5-23(6-4-21)34-24-8-13-29(14-9-24)26(32)20-10-15-33-18-20/h1-6,11,16,19-20,24H,7-10,12-15,17-18H2,(H,28,31). The van der Waals surface area contributed by atoms with Crippen molar-refractivity contribution in [1.29, 1.82) is 0 Å². The molecule has 3 aliphatic heterocycles. The van der Waals surface area contributed by atoms with Crippen LogP contribution in [0, 0.1) is 11.8 Å². The minimum atomic E-state index is -0.0418. The van der Waals surface area contributed by atoms with E-state index in [2.05, 4.69) is 15.2 Å². The lowest BCUT2D eigenvalue weighted by atomic mass is 10.0. The van der Waals surface area contributed by atoms with Crippen molar-refractivity contribution >= 4 is 23.2 Å². The summed E-state index contributed by atoms with van der Waals surface area (Å²) in [6.07, 6.45) is 7.01. The van der Waals surface area contributed by atoms with Gasteiger partial charge in [-0.05, 0) is 49.2 Å². The number of benzene rings is 1. The first-order valence-corrected chi connectivity index (χ1v) is 12.2. The van der Waals surface area contributed by atoms with E-state index >= 15 is 0 Å². The molecule has 5 rings (SSSR count). The summed E-state index contributed by atoms with van der Waals surface area (Å²) in [6, 6.07) is 11.5. The third-order valence-electron chi connectivity index (χ3n) is 7.03. The van der Waals surface area contributed by atoms with Gasteiger partial charge in [-0.25, -0.2) is 0 Å². The van der Waals surface area contributed by atoms with Crippen molar-refractivity contribution < 1.29 is 19.1 Å². The van der Waals surface area contributed by atoms with Gasteiger partial charge >= 0.3 is 0 Å². The number of nitrogens with one attached hydrogen (secondary N) is 1. The molecule has 2 amide bonds. The summed E-state index contributed by atoms with van der Waals surface area (Å²) in [4.78, 5) is 33.6. The molecule has 0 bridgehead atoms. The number of carbonyl (C=O) groups excluding carboxylic acids is 2. The van der Waals surface area contributed by atoms with Crippen LogP contribution in [-0.2, 0) is 14.3 Å². The van der Waals surface area contributed by atoms with Crippen LogP contribution in [0.1, 0.15) is 25.7 Å². The maximum absolute atomic E-state index is 12.7. The van der Waals surface area contributed by atoms with E-state index in [4.69, 9.17) is 9.47 Å². The SMILES string of the molecule is O=C(Nc1ccc(OC2CCN(C(=O)C3CCOC3)CC2)cc1)C1CCN(c2cccnc2)C1. The first kappa shape index (κ1) is 22.7. The molecule has 2 aromatic rings. The minimum Gasteiger partial charge on any atom is -0.490 e. The molecule has 0 spiro atoms. The number of pyridine rings is 1. The van der Waals surface area contributed by atoms with E-state index in [1.807, 2.05) is 47.5 Å². The second-order valence-electron chi connectivity index (χ2n) is 9.36. The highest BCUT2D eigenvalue weighted by molar-refractivity contribution is 5.93. The van der Waals surface area contributed by atoms with Gasteiger partial charge in [0.15, 0.2) is 0 Å². The van der Waals surface area contributed by atoms with E-state index in [0.717, 1.165) is 62.4 Å². The fraction of sp³-hybridized carbons (Fsp3) is 0.500. The van der Waals surface area contributed by atoms with Gasteiger partial charge in [-0.1, -0.05) is 0 Å². The van der Waals surface area contributed by atoms with Crippen LogP contribution in [0.3, 0.4) is 0 Å². The van der Waals surface area contributed by atoms with Gasteiger partial charge in [0.25, 0.3) is 0 Å². The van der Waals surface area contributed by atoms with Gasteiger partial charge in [0.05, 0.1) is 30.3 Å². The van der Waals surface area contributed by atoms with Gasteiger partial charge in [-0.3, -0.25) is 14.6 Å². The fourth-order valence-corrected chi connectivity index (χ4v) is 4.98.